The van der Waals surface area contributed by atoms with Crippen molar-refractivity contribution in [2.45, 2.75) is 25.8 Å². The zero-order valence-corrected chi connectivity index (χ0v) is 12.8. The van der Waals surface area contributed by atoms with Gasteiger partial charge >= 0.3 is 5.97 Å². The Labute approximate surface area is 130 Å². The van der Waals surface area contributed by atoms with Crippen LogP contribution in [0.2, 0.25) is 0 Å². The van der Waals surface area contributed by atoms with Crippen LogP contribution in [0.3, 0.4) is 0 Å². The zero-order valence-electron chi connectivity index (χ0n) is 12.8. The summed E-state index contributed by atoms with van der Waals surface area (Å²) in [7, 11) is 0. The van der Waals surface area contributed by atoms with E-state index in [-0.39, 0.29) is 24.3 Å². The monoisotopic (exact) mass is 306 g/mol. The molecule has 2 N–H and O–H groups in total. The van der Waals surface area contributed by atoms with E-state index in [1.807, 2.05) is 12.1 Å². The lowest BCUT2D eigenvalue weighted by Gasteiger charge is -2.23. The van der Waals surface area contributed by atoms with Crippen LogP contribution in [0.15, 0.2) is 24.3 Å². The van der Waals surface area contributed by atoms with E-state index >= 15 is 0 Å². The van der Waals surface area contributed by atoms with E-state index in [1.165, 1.54) is 0 Å². The number of carbonyl (C=O) groups excluding carboxylic acids is 2. The van der Waals surface area contributed by atoms with Crippen molar-refractivity contribution < 1.29 is 19.1 Å². The smallest absolute Gasteiger partial charge is 0.310 e. The Hall–Kier alpha value is -1.92. The van der Waals surface area contributed by atoms with Crippen LogP contribution < -0.4 is 10.6 Å². The third-order valence-corrected chi connectivity index (χ3v) is 3.29. The van der Waals surface area contributed by atoms with E-state index < -0.39 is 0 Å². The van der Waals surface area contributed by atoms with Crippen LogP contribution in [0.4, 0.5) is 5.69 Å². The Morgan fingerprint density at radius 2 is 2.32 bits per heavy atom. The SMILES string of the molecule is CCOC(=O)Cc1cccc(NC(=O)CC2COCCN2)c1. The van der Waals surface area contributed by atoms with Crippen molar-refractivity contribution in [2.75, 3.05) is 31.7 Å². The number of morpholine rings is 1. The first-order valence-corrected chi connectivity index (χ1v) is 7.53. The standard InChI is InChI=1S/C16H22N2O4/c1-2-22-16(20)9-12-4-3-5-13(8-12)18-15(19)10-14-11-21-7-6-17-14/h3-5,8,14,17H,2,6-7,9-11H2,1H3,(H,18,19). The predicted molar refractivity (Wildman–Crippen MR) is 82.6 cm³/mol. The number of hydrogen-bond acceptors (Lipinski definition) is 5. The van der Waals surface area contributed by atoms with Crippen molar-refractivity contribution in [1.29, 1.82) is 0 Å². The van der Waals surface area contributed by atoms with Gasteiger partial charge < -0.3 is 20.1 Å². The number of amides is 1. The van der Waals surface area contributed by atoms with Crippen LogP contribution in [-0.4, -0.2) is 44.3 Å². The van der Waals surface area contributed by atoms with Gasteiger partial charge in [-0.25, -0.2) is 0 Å². The second-order valence-electron chi connectivity index (χ2n) is 5.16. The number of nitrogens with one attached hydrogen (secondary N) is 2. The third kappa shape index (κ3) is 5.46. The largest absolute Gasteiger partial charge is 0.466 e. The van der Waals surface area contributed by atoms with Crippen molar-refractivity contribution in [3.05, 3.63) is 29.8 Å². The molecule has 0 aliphatic carbocycles. The number of carbonyl (C=O) groups is 2. The third-order valence-electron chi connectivity index (χ3n) is 3.29. The molecule has 0 aromatic heterocycles. The Balaban J connectivity index is 1.86. The Morgan fingerprint density at radius 3 is 3.05 bits per heavy atom. The molecule has 1 amide bonds. The van der Waals surface area contributed by atoms with Crippen molar-refractivity contribution >= 4 is 17.6 Å². The zero-order chi connectivity index (χ0) is 15.8. The second kappa shape index (κ2) is 8.51. The summed E-state index contributed by atoms with van der Waals surface area (Å²) in [5.74, 6) is -0.342. The summed E-state index contributed by atoms with van der Waals surface area (Å²) < 4.78 is 10.2. The number of benzene rings is 1. The molecular weight excluding hydrogens is 284 g/mol. The first kappa shape index (κ1) is 16.5. The molecule has 6 nitrogen and oxygen atoms in total. The maximum atomic E-state index is 12.0. The molecule has 1 heterocycles. The van der Waals surface area contributed by atoms with Crippen LogP contribution in [-0.2, 0) is 25.5 Å². The number of esters is 1. The van der Waals surface area contributed by atoms with Crippen molar-refractivity contribution in [2.24, 2.45) is 0 Å². The second-order valence-corrected chi connectivity index (χ2v) is 5.16. The van der Waals surface area contributed by atoms with Gasteiger partial charge in [0.2, 0.25) is 5.91 Å². The van der Waals surface area contributed by atoms with Crippen LogP contribution in [0, 0.1) is 0 Å². The van der Waals surface area contributed by atoms with Gasteiger partial charge in [-0.05, 0) is 24.6 Å². The van der Waals surface area contributed by atoms with E-state index in [0.717, 1.165) is 12.1 Å². The van der Waals surface area contributed by atoms with Crippen molar-refractivity contribution in [1.82, 2.24) is 5.32 Å². The van der Waals surface area contributed by atoms with Crippen LogP contribution in [0.5, 0.6) is 0 Å². The summed E-state index contributed by atoms with van der Waals surface area (Å²) in [4.78, 5) is 23.5. The molecule has 2 rings (SSSR count). The summed E-state index contributed by atoms with van der Waals surface area (Å²) in [5, 5.41) is 6.09. The quantitative estimate of drug-likeness (QED) is 0.770. The molecule has 0 spiro atoms. The number of rotatable bonds is 6. The number of hydrogen-bond donors (Lipinski definition) is 2. The maximum Gasteiger partial charge on any atom is 0.310 e. The van der Waals surface area contributed by atoms with Crippen LogP contribution in [0.25, 0.3) is 0 Å². The number of ether oxygens (including phenoxy) is 2. The van der Waals surface area contributed by atoms with Gasteiger partial charge in [0.05, 0.1) is 26.2 Å². The maximum absolute atomic E-state index is 12.0. The van der Waals surface area contributed by atoms with Gasteiger partial charge in [-0.2, -0.15) is 0 Å². The molecule has 0 saturated carbocycles. The molecule has 22 heavy (non-hydrogen) atoms. The van der Waals surface area contributed by atoms with E-state index in [0.29, 0.717) is 31.9 Å². The molecule has 1 aromatic carbocycles. The molecule has 6 heteroatoms. The molecule has 120 valence electrons. The predicted octanol–water partition coefficient (Wildman–Crippen LogP) is 1.11. The molecule has 1 saturated heterocycles. The highest BCUT2D eigenvalue weighted by molar-refractivity contribution is 5.91. The van der Waals surface area contributed by atoms with Gasteiger partial charge in [0.25, 0.3) is 0 Å². The van der Waals surface area contributed by atoms with Gasteiger partial charge in [0, 0.05) is 24.7 Å². The first-order valence-electron chi connectivity index (χ1n) is 7.53. The van der Waals surface area contributed by atoms with Crippen LogP contribution >= 0.6 is 0 Å². The Kier molecular flexibility index (Phi) is 6.36. The molecule has 1 aromatic rings. The topological polar surface area (TPSA) is 76.7 Å². The minimum atomic E-state index is -0.269. The summed E-state index contributed by atoms with van der Waals surface area (Å²) in [5.41, 5.74) is 1.50. The number of anilines is 1. The molecule has 1 aliphatic rings. The average molecular weight is 306 g/mol. The van der Waals surface area contributed by atoms with Gasteiger partial charge in [-0.1, -0.05) is 12.1 Å². The fraction of sp³-hybridized carbons (Fsp3) is 0.500. The molecule has 0 radical (unpaired) electrons. The lowest BCUT2D eigenvalue weighted by atomic mass is 10.1. The summed E-state index contributed by atoms with van der Waals surface area (Å²) >= 11 is 0. The minimum absolute atomic E-state index is 0.0523. The van der Waals surface area contributed by atoms with Gasteiger partial charge in [-0.15, -0.1) is 0 Å². The highest BCUT2D eigenvalue weighted by Gasteiger charge is 2.17. The van der Waals surface area contributed by atoms with Crippen molar-refractivity contribution in [3.63, 3.8) is 0 Å². The van der Waals surface area contributed by atoms with Crippen LogP contribution in [0.1, 0.15) is 18.9 Å². The molecule has 1 aliphatic heterocycles. The van der Waals surface area contributed by atoms with Crippen molar-refractivity contribution in [3.8, 4) is 0 Å². The highest BCUT2D eigenvalue weighted by Crippen LogP contribution is 2.12. The fourth-order valence-corrected chi connectivity index (χ4v) is 2.32. The lowest BCUT2D eigenvalue weighted by molar-refractivity contribution is -0.142. The molecular formula is C16H22N2O4. The van der Waals surface area contributed by atoms with Gasteiger partial charge in [0.1, 0.15) is 0 Å². The van der Waals surface area contributed by atoms with E-state index in [1.54, 1.807) is 19.1 Å². The molecule has 1 unspecified atom stereocenters. The van der Waals surface area contributed by atoms with E-state index in [9.17, 15) is 9.59 Å². The minimum Gasteiger partial charge on any atom is -0.466 e. The van der Waals surface area contributed by atoms with E-state index in [2.05, 4.69) is 10.6 Å². The van der Waals surface area contributed by atoms with Gasteiger partial charge in [0.15, 0.2) is 0 Å². The van der Waals surface area contributed by atoms with E-state index in [4.69, 9.17) is 9.47 Å². The summed E-state index contributed by atoms with van der Waals surface area (Å²) in [6, 6.07) is 7.29. The molecule has 1 fully saturated rings. The molecule has 1 atom stereocenters. The van der Waals surface area contributed by atoms with Gasteiger partial charge in [-0.3, -0.25) is 9.59 Å². The Bertz CT molecular complexity index is 513. The summed E-state index contributed by atoms with van der Waals surface area (Å²) in [6.07, 6.45) is 0.567. The first-order chi connectivity index (χ1) is 10.7. The average Bonchev–Trinajstić information content (AvgIpc) is 2.48. The fourth-order valence-electron chi connectivity index (χ4n) is 2.32. The highest BCUT2D eigenvalue weighted by atomic mass is 16.5. The lowest BCUT2D eigenvalue weighted by Crippen LogP contribution is -2.43. The summed E-state index contributed by atoms with van der Waals surface area (Å²) in [6.45, 7) is 4.15. The Morgan fingerprint density at radius 1 is 1.45 bits per heavy atom. The normalized spacial score (nSPS) is 17.8. The molecule has 0 bridgehead atoms.